The van der Waals surface area contributed by atoms with Crippen LogP contribution < -0.4 is 10.2 Å². The average molecular weight is 487 g/mol. The van der Waals surface area contributed by atoms with Crippen LogP contribution in [0.4, 0.5) is 10.5 Å². The van der Waals surface area contributed by atoms with Crippen LogP contribution in [-0.4, -0.2) is 40.8 Å². The number of hydrogen-bond acceptors (Lipinski definition) is 3. The van der Waals surface area contributed by atoms with Crippen LogP contribution in [0.2, 0.25) is 0 Å². The van der Waals surface area contributed by atoms with Gasteiger partial charge in [-0.25, -0.2) is 9.69 Å². The SMILES string of the molecule is CCCC[C@H](CC)CNC(=O)c1cccc(N2C(=O)N3CCc4c([nH]c5ccccc45)[C@@]3(C)C2=O)c1. The van der Waals surface area contributed by atoms with Gasteiger partial charge in [-0.05, 0) is 55.5 Å². The number of amides is 4. The lowest BCUT2D eigenvalue weighted by Gasteiger charge is -2.35. The lowest BCUT2D eigenvalue weighted by Crippen LogP contribution is -2.49. The zero-order valence-corrected chi connectivity index (χ0v) is 21.3. The van der Waals surface area contributed by atoms with E-state index in [4.69, 9.17) is 0 Å². The van der Waals surface area contributed by atoms with Gasteiger partial charge < -0.3 is 15.2 Å². The Labute approximate surface area is 211 Å². The number of nitrogens with one attached hydrogen (secondary N) is 2. The van der Waals surface area contributed by atoms with Gasteiger partial charge in [-0.1, -0.05) is 57.4 Å². The van der Waals surface area contributed by atoms with Crippen molar-refractivity contribution >= 4 is 34.4 Å². The van der Waals surface area contributed by atoms with Gasteiger partial charge in [0, 0.05) is 29.6 Å². The van der Waals surface area contributed by atoms with Crippen LogP contribution in [0.1, 0.15) is 68.1 Å². The number of unbranched alkanes of at least 4 members (excludes halogenated alkanes) is 1. The summed E-state index contributed by atoms with van der Waals surface area (Å²) in [6, 6.07) is 14.5. The number of para-hydroxylation sites is 1. The number of aromatic amines is 1. The summed E-state index contributed by atoms with van der Waals surface area (Å²) in [6.07, 6.45) is 5.08. The van der Waals surface area contributed by atoms with Crippen LogP contribution in [-0.2, 0) is 16.8 Å². The standard InChI is InChI=1S/C29H34N4O3/c1-4-6-10-19(5-2)18-30-26(34)20-11-9-12-21(17-20)33-27(35)29(3)25-23(15-16-32(29)28(33)36)22-13-7-8-14-24(22)31-25/h7-9,11-14,17,19,31H,4-6,10,15-16,18H2,1-3H3,(H,30,34)/t19-,29-/m0/s1. The number of aromatic nitrogens is 1. The van der Waals surface area contributed by atoms with Gasteiger partial charge in [0.25, 0.3) is 11.8 Å². The first-order valence-corrected chi connectivity index (χ1v) is 13.0. The molecule has 2 aliphatic rings. The maximum absolute atomic E-state index is 13.9. The molecule has 1 aromatic heterocycles. The molecule has 2 N–H and O–H groups in total. The summed E-state index contributed by atoms with van der Waals surface area (Å²) >= 11 is 0. The Hall–Kier alpha value is -3.61. The van der Waals surface area contributed by atoms with Gasteiger partial charge >= 0.3 is 6.03 Å². The predicted octanol–water partition coefficient (Wildman–Crippen LogP) is 5.35. The van der Waals surface area contributed by atoms with Crippen LogP contribution in [0, 0.1) is 5.92 Å². The molecule has 1 fully saturated rings. The van der Waals surface area contributed by atoms with E-state index in [0.29, 0.717) is 36.7 Å². The highest BCUT2D eigenvalue weighted by molar-refractivity contribution is 6.24. The number of imide groups is 1. The fourth-order valence-electron chi connectivity index (χ4n) is 5.69. The number of urea groups is 1. The van der Waals surface area contributed by atoms with Crippen LogP contribution in [0.5, 0.6) is 0 Å². The van der Waals surface area contributed by atoms with Crippen molar-refractivity contribution in [1.29, 1.82) is 0 Å². The Bertz CT molecular complexity index is 1330. The van der Waals surface area contributed by atoms with Crippen molar-refractivity contribution in [3.05, 3.63) is 65.4 Å². The highest BCUT2D eigenvalue weighted by Gasteiger charge is 2.59. The zero-order valence-electron chi connectivity index (χ0n) is 21.3. The molecule has 0 aliphatic carbocycles. The number of nitrogens with zero attached hydrogens (tertiary/aromatic N) is 2. The predicted molar refractivity (Wildman–Crippen MR) is 141 cm³/mol. The number of carbonyl (C=O) groups is 3. The number of carbonyl (C=O) groups excluding carboxylic acids is 3. The van der Waals surface area contributed by atoms with E-state index in [1.54, 1.807) is 29.2 Å². The number of benzene rings is 2. The van der Waals surface area contributed by atoms with E-state index in [0.717, 1.165) is 47.8 Å². The molecule has 1 saturated heterocycles. The Balaban J connectivity index is 1.41. The molecule has 7 nitrogen and oxygen atoms in total. The van der Waals surface area contributed by atoms with Gasteiger partial charge in [0.2, 0.25) is 0 Å². The smallest absolute Gasteiger partial charge is 0.332 e. The summed E-state index contributed by atoms with van der Waals surface area (Å²) in [7, 11) is 0. The van der Waals surface area contributed by atoms with Crippen molar-refractivity contribution in [2.75, 3.05) is 18.0 Å². The maximum atomic E-state index is 13.9. The highest BCUT2D eigenvalue weighted by atomic mass is 16.2. The monoisotopic (exact) mass is 486 g/mol. The molecule has 0 radical (unpaired) electrons. The van der Waals surface area contributed by atoms with Crippen molar-refractivity contribution in [3.63, 3.8) is 0 Å². The summed E-state index contributed by atoms with van der Waals surface area (Å²) in [5.74, 6) is -0.0453. The largest absolute Gasteiger partial charge is 0.356 e. The molecule has 5 rings (SSSR count). The van der Waals surface area contributed by atoms with E-state index in [1.165, 1.54) is 4.90 Å². The van der Waals surface area contributed by atoms with Crippen molar-refractivity contribution in [2.24, 2.45) is 5.92 Å². The van der Waals surface area contributed by atoms with E-state index >= 15 is 0 Å². The Morgan fingerprint density at radius 3 is 2.72 bits per heavy atom. The van der Waals surface area contributed by atoms with Crippen molar-refractivity contribution in [3.8, 4) is 0 Å². The van der Waals surface area contributed by atoms with E-state index in [-0.39, 0.29) is 17.8 Å². The van der Waals surface area contributed by atoms with Crippen LogP contribution in [0.15, 0.2) is 48.5 Å². The van der Waals surface area contributed by atoms with Crippen molar-refractivity contribution in [1.82, 2.24) is 15.2 Å². The summed E-state index contributed by atoms with van der Waals surface area (Å²) in [5.41, 5.74) is 2.59. The Kier molecular flexibility index (Phi) is 6.33. The minimum absolute atomic E-state index is 0.187. The molecule has 0 bridgehead atoms. The van der Waals surface area contributed by atoms with Gasteiger partial charge in [-0.3, -0.25) is 9.59 Å². The molecule has 2 aliphatic heterocycles. The third kappa shape index (κ3) is 3.77. The quantitative estimate of drug-likeness (QED) is 0.421. The summed E-state index contributed by atoms with van der Waals surface area (Å²) in [4.78, 5) is 46.7. The first-order valence-electron chi connectivity index (χ1n) is 13.0. The van der Waals surface area contributed by atoms with Gasteiger partial charge in [0.1, 0.15) is 0 Å². The van der Waals surface area contributed by atoms with Crippen molar-refractivity contribution < 1.29 is 14.4 Å². The zero-order chi connectivity index (χ0) is 25.4. The minimum Gasteiger partial charge on any atom is -0.356 e. The molecule has 3 aromatic rings. The van der Waals surface area contributed by atoms with Gasteiger partial charge in [-0.15, -0.1) is 0 Å². The molecule has 4 amide bonds. The summed E-state index contributed by atoms with van der Waals surface area (Å²) in [6.45, 7) is 7.21. The van der Waals surface area contributed by atoms with E-state index in [2.05, 4.69) is 30.2 Å². The number of H-pyrrole nitrogens is 1. The number of fused-ring (bicyclic) bond motifs is 5. The maximum Gasteiger partial charge on any atom is 0.332 e. The summed E-state index contributed by atoms with van der Waals surface area (Å²) in [5, 5.41) is 4.13. The molecule has 36 heavy (non-hydrogen) atoms. The molecule has 7 heteroatoms. The Morgan fingerprint density at radius 1 is 1.14 bits per heavy atom. The first-order chi connectivity index (χ1) is 17.4. The second-order valence-corrected chi connectivity index (χ2v) is 10.1. The minimum atomic E-state index is -1.12. The molecular formula is C29H34N4O3. The molecule has 0 spiro atoms. The molecule has 0 unspecified atom stereocenters. The molecular weight excluding hydrogens is 452 g/mol. The van der Waals surface area contributed by atoms with E-state index in [9.17, 15) is 14.4 Å². The van der Waals surface area contributed by atoms with Crippen LogP contribution in [0.25, 0.3) is 10.9 Å². The number of anilines is 1. The van der Waals surface area contributed by atoms with Crippen LogP contribution in [0.3, 0.4) is 0 Å². The molecule has 0 saturated carbocycles. The normalized spacial score (nSPS) is 20.0. The number of rotatable bonds is 8. The fraction of sp³-hybridized carbons (Fsp3) is 0.414. The van der Waals surface area contributed by atoms with Crippen molar-refractivity contribution in [2.45, 2.75) is 58.4 Å². The Morgan fingerprint density at radius 2 is 1.94 bits per heavy atom. The third-order valence-corrected chi connectivity index (χ3v) is 7.93. The topological polar surface area (TPSA) is 85.5 Å². The lowest BCUT2D eigenvalue weighted by atomic mass is 9.87. The molecule has 188 valence electrons. The van der Waals surface area contributed by atoms with Gasteiger partial charge in [0.15, 0.2) is 5.54 Å². The van der Waals surface area contributed by atoms with Crippen LogP contribution >= 0.6 is 0 Å². The molecule has 3 heterocycles. The molecule has 2 atom stereocenters. The average Bonchev–Trinajstić information content (AvgIpc) is 3.37. The second-order valence-electron chi connectivity index (χ2n) is 10.1. The van der Waals surface area contributed by atoms with E-state index < -0.39 is 5.54 Å². The molecule has 2 aromatic carbocycles. The fourth-order valence-corrected chi connectivity index (χ4v) is 5.69. The third-order valence-electron chi connectivity index (χ3n) is 7.93. The van der Waals surface area contributed by atoms with Gasteiger partial charge in [-0.2, -0.15) is 0 Å². The van der Waals surface area contributed by atoms with E-state index in [1.807, 2.05) is 25.1 Å². The summed E-state index contributed by atoms with van der Waals surface area (Å²) < 4.78 is 0. The number of hydrogen-bond donors (Lipinski definition) is 2. The van der Waals surface area contributed by atoms with Gasteiger partial charge in [0.05, 0.1) is 11.4 Å². The lowest BCUT2D eigenvalue weighted by molar-refractivity contribution is -0.125. The second kappa shape index (κ2) is 9.45. The highest BCUT2D eigenvalue weighted by Crippen LogP contribution is 2.45. The first kappa shape index (κ1) is 24.1.